The molecule has 0 aromatic heterocycles. The highest BCUT2D eigenvalue weighted by Gasteiger charge is 2.30. The molecule has 2 saturated heterocycles. The summed E-state index contributed by atoms with van der Waals surface area (Å²) in [7, 11) is 0. The van der Waals surface area contributed by atoms with Gasteiger partial charge in [-0.3, -0.25) is 10.1 Å². The van der Waals surface area contributed by atoms with Crippen LogP contribution < -0.4 is 5.32 Å². The van der Waals surface area contributed by atoms with E-state index in [9.17, 15) is 4.79 Å². The molecule has 2 fully saturated rings. The first-order valence-corrected chi connectivity index (χ1v) is 8.04. The lowest BCUT2D eigenvalue weighted by Gasteiger charge is -2.33. The van der Waals surface area contributed by atoms with Crippen molar-refractivity contribution in [2.75, 3.05) is 31.3 Å². The summed E-state index contributed by atoms with van der Waals surface area (Å²) in [5.41, 5.74) is 0. The van der Waals surface area contributed by atoms with E-state index < -0.39 is 0 Å². The zero-order valence-electron chi connectivity index (χ0n) is 11.8. The van der Waals surface area contributed by atoms with Crippen LogP contribution in [0.15, 0.2) is 0 Å². The maximum absolute atomic E-state index is 12.2. The van der Waals surface area contributed by atoms with Crippen LogP contribution in [0, 0.1) is 5.92 Å². The Hall–Kier alpha value is 0.0300. The molecular formula is C13H25ClN2O2S. The summed E-state index contributed by atoms with van der Waals surface area (Å²) in [5, 5.41) is 3.25. The van der Waals surface area contributed by atoms with E-state index in [1.54, 1.807) is 11.8 Å². The fourth-order valence-corrected chi connectivity index (χ4v) is 3.28. The van der Waals surface area contributed by atoms with Crippen molar-refractivity contribution < 1.29 is 9.53 Å². The first kappa shape index (κ1) is 17.1. The molecule has 2 aliphatic rings. The van der Waals surface area contributed by atoms with Crippen molar-refractivity contribution in [1.82, 2.24) is 10.2 Å². The van der Waals surface area contributed by atoms with Gasteiger partial charge in [0.2, 0.25) is 5.91 Å². The molecule has 112 valence electrons. The van der Waals surface area contributed by atoms with E-state index >= 15 is 0 Å². The van der Waals surface area contributed by atoms with E-state index in [4.69, 9.17) is 4.74 Å². The second-order valence-electron chi connectivity index (χ2n) is 5.52. The maximum Gasteiger partial charge on any atom is 0.240 e. The Balaban J connectivity index is 0.00000180. The molecule has 0 aromatic rings. The topological polar surface area (TPSA) is 41.6 Å². The van der Waals surface area contributed by atoms with Crippen molar-refractivity contribution in [2.45, 2.75) is 38.8 Å². The van der Waals surface area contributed by atoms with Crippen LogP contribution >= 0.6 is 24.2 Å². The third kappa shape index (κ3) is 5.14. The number of halogens is 1. The van der Waals surface area contributed by atoms with Gasteiger partial charge in [0.25, 0.3) is 0 Å². The van der Waals surface area contributed by atoms with Gasteiger partial charge in [0.1, 0.15) is 0 Å². The lowest BCUT2D eigenvalue weighted by molar-refractivity contribution is -0.135. The van der Waals surface area contributed by atoms with Crippen molar-refractivity contribution in [3.63, 3.8) is 0 Å². The van der Waals surface area contributed by atoms with Crippen LogP contribution in [0.25, 0.3) is 0 Å². The van der Waals surface area contributed by atoms with Crippen LogP contribution in [-0.2, 0) is 9.53 Å². The minimum Gasteiger partial charge on any atom is -0.378 e. The number of rotatable bonds is 4. The Morgan fingerprint density at radius 2 is 2.11 bits per heavy atom. The highest BCUT2D eigenvalue weighted by molar-refractivity contribution is 7.99. The third-order valence-corrected chi connectivity index (χ3v) is 4.37. The lowest BCUT2D eigenvalue weighted by atomic mass is 10.1. The molecule has 1 N–H and O–H groups in total. The Morgan fingerprint density at radius 3 is 2.63 bits per heavy atom. The van der Waals surface area contributed by atoms with E-state index in [0.717, 1.165) is 44.2 Å². The number of nitrogens with one attached hydrogen (secondary N) is 1. The molecule has 1 amide bonds. The number of amides is 1. The quantitative estimate of drug-likeness (QED) is 0.859. The molecule has 0 spiro atoms. The Bertz CT molecular complexity index is 278. The first-order chi connectivity index (χ1) is 8.66. The molecule has 0 aromatic carbocycles. The molecular weight excluding hydrogens is 284 g/mol. The molecule has 0 aliphatic carbocycles. The number of thioether (sulfide) groups is 1. The molecule has 6 heteroatoms. The van der Waals surface area contributed by atoms with E-state index in [-0.39, 0.29) is 24.4 Å². The van der Waals surface area contributed by atoms with Gasteiger partial charge in [0.05, 0.1) is 12.1 Å². The Labute approximate surface area is 126 Å². The van der Waals surface area contributed by atoms with Crippen LogP contribution in [0.4, 0.5) is 0 Å². The highest BCUT2D eigenvalue weighted by atomic mass is 35.5. The van der Waals surface area contributed by atoms with Crippen molar-refractivity contribution in [1.29, 1.82) is 0 Å². The van der Waals surface area contributed by atoms with Gasteiger partial charge >= 0.3 is 0 Å². The Kier molecular flexibility index (Phi) is 7.50. The zero-order chi connectivity index (χ0) is 13.0. The number of carbonyl (C=O) groups is 1. The van der Waals surface area contributed by atoms with Crippen molar-refractivity contribution in [2.24, 2.45) is 5.92 Å². The van der Waals surface area contributed by atoms with Gasteiger partial charge in [0, 0.05) is 31.3 Å². The second kappa shape index (κ2) is 8.35. The van der Waals surface area contributed by atoms with Crippen LogP contribution in [0.2, 0.25) is 0 Å². The predicted molar refractivity (Wildman–Crippen MR) is 81.9 cm³/mol. The molecule has 2 rings (SSSR count). The average molecular weight is 309 g/mol. The standard InChI is InChI=1S/C13H24N2O2S.ClH/c1-10(2)7-17-11-3-5-15(6-4-11)13(16)12-8-18-9-14-12;/h10-12,14H,3-9H2,1-2H3;1H. The van der Waals surface area contributed by atoms with Crippen molar-refractivity contribution in [3.8, 4) is 0 Å². The van der Waals surface area contributed by atoms with E-state index in [1.807, 2.05) is 4.90 Å². The van der Waals surface area contributed by atoms with Gasteiger partial charge in [-0.05, 0) is 18.8 Å². The smallest absolute Gasteiger partial charge is 0.240 e. The maximum atomic E-state index is 12.2. The average Bonchev–Trinajstić information content (AvgIpc) is 2.90. The third-order valence-electron chi connectivity index (χ3n) is 3.43. The van der Waals surface area contributed by atoms with Gasteiger partial charge in [-0.15, -0.1) is 24.2 Å². The first-order valence-electron chi connectivity index (χ1n) is 6.88. The number of ether oxygens (including phenoxy) is 1. The van der Waals surface area contributed by atoms with Crippen LogP contribution in [0.5, 0.6) is 0 Å². The fraction of sp³-hybridized carbons (Fsp3) is 0.923. The van der Waals surface area contributed by atoms with Gasteiger partial charge in [0.15, 0.2) is 0 Å². The van der Waals surface area contributed by atoms with Crippen LogP contribution in [0.3, 0.4) is 0 Å². The predicted octanol–water partition coefficient (Wildman–Crippen LogP) is 1.73. The summed E-state index contributed by atoms with van der Waals surface area (Å²) in [6.07, 6.45) is 2.32. The molecule has 0 bridgehead atoms. The van der Waals surface area contributed by atoms with Gasteiger partial charge in [-0.25, -0.2) is 0 Å². The second-order valence-corrected chi connectivity index (χ2v) is 6.55. The molecule has 2 aliphatic heterocycles. The van der Waals surface area contributed by atoms with Gasteiger partial charge < -0.3 is 9.64 Å². The van der Waals surface area contributed by atoms with Gasteiger partial charge in [-0.2, -0.15) is 0 Å². The summed E-state index contributed by atoms with van der Waals surface area (Å²) < 4.78 is 5.84. The summed E-state index contributed by atoms with van der Waals surface area (Å²) >= 11 is 1.80. The van der Waals surface area contributed by atoms with E-state index in [1.165, 1.54) is 0 Å². The highest BCUT2D eigenvalue weighted by Crippen LogP contribution is 2.18. The normalized spacial score (nSPS) is 24.6. The molecule has 4 nitrogen and oxygen atoms in total. The SMILES string of the molecule is CC(C)COC1CCN(C(=O)C2CSCN2)CC1.Cl. The summed E-state index contributed by atoms with van der Waals surface area (Å²) in [6, 6.07) is 0.0446. The number of carbonyl (C=O) groups excluding carboxylic acids is 1. The molecule has 0 radical (unpaired) electrons. The lowest BCUT2D eigenvalue weighted by Crippen LogP contribution is -2.49. The minimum atomic E-state index is 0. The van der Waals surface area contributed by atoms with Crippen LogP contribution in [-0.4, -0.2) is 54.3 Å². The number of nitrogens with zero attached hydrogens (tertiary/aromatic N) is 1. The molecule has 0 saturated carbocycles. The van der Waals surface area contributed by atoms with E-state index in [0.29, 0.717) is 12.0 Å². The monoisotopic (exact) mass is 308 g/mol. The molecule has 1 unspecified atom stereocenters. The molecule has 1 atom stereocenters. The number of piperidine rings is 1. The fourth-order valence-electron chi connectivity index (χ4n) is 2.35. The zero-order valence-corrected chi connectivity index (χ0v) is 13.4. The van der Waals surface area contributed by atoms with Crippen LogP contribution in [0.1, 0.15) is 26.7 Å². The number of likely N-dealkylation sites (tertiary alicyclic amines) is 1. The van der Waals surface area contributed by atoms with E-state index in [2.05, 4.69) is 19.2 Å². The Morgan fingerprint density at radius 1 is 1.42 bits per heavy atom. The van der Waals surface area contributed by atoms with Crippen molar-refractivity contribution in [3.05, 3.63) is 0 Å². The minimum absolute atomic E-state index is 0. The summed E-state index contributed by atoms with van der Waals surface area (Å²) in [5.74, 6) is 2.69. The summed E-state index contributed by atoms with van der Waals surface area (Å²) in [4.78, 5) is 14.2. The number of hydrogen-bond donors (Lipinski definition) is 1. The number of hydrogen-bond acceptors (Lipinski definition) is 4. The molecule has 19 heavy (non-hydrogen) atoms. The largest absolute Gasteiger partial charge is 0.378 e. The van der Waals surface area contributed by atoms with Crippen molar-refractivity contribution >= 4 is 30.1 Å². The van der Waals surface area contributed by atoms with Gasteiger partial charge in [-0.1, -0.05) is 13.8 Å². The molecule has 2 heterocycles. The summed E-state index contributed by atoms with van der Waals surface area (Å²) in [6.45, 7) is 6.87.